The topological polar surface area (TPSA) is 67.4 Å². The fourth-order valence-electron chi connectivity index (χ4n) is 2.36. The summed E-state index contributed by atoms with van der Waals surface area (Å²) >= 11 is 0. The van der Waals surface area contributed by atoms with Crippen LogP contribution >= 0.6 is 0 Å². The molecule has 26 heavy (non-hydrogen) atoms. The van der Waals surface area contributed by atoms with E-state index in [-0.39, 0.29) is 12.4 Å². The number of benzene rings is 2. The van der Waals surface area contributed by atoms with Crippen LogP contribution in [-0.4, -0.2) is 25.5 Å². The van der Waals surface area contributed by atoms with Crippen LogP contribution in [-0.2, 0) is 16.0 Å². The predicted molar refractivity (Wildman–Crippen MR) is 98.5 cm³/mol. The molecule has 0 heterocycles. The normalized spacial score (nSPS) is 10.9. The maximum Gasteiger partial charge on any atom is 0.239 e. The van der Waals surface area contributed by atoms with Crippen LogP contribution < -0.4 is 15.4 Å². The molecule has 0 fully saturated rings. The summed E-state index contributed by atoms with van der Waals surface area (Å²) < 4.78 is 18.8. The van der Waals surface area contributed by atoms with Crippen LogP contribution in [0.25, 0.3) is 0 Å². The van der Waals surface area contributed by atoms with E-state index < -0.39 is 17.2 Å². The molecule has 2 rings (SSSR count). The lowest BCUT2D eigenvalue weighted by Gasteiger charge is -2.23. The average molecular weight is 358 g/mol. The predicted octanol–water partition coefficient (Wildman–Crippen LogP) is 3.16. The Morgan fingerprint density at radius 3 is 2.38 bits per heavy atom. The van der Waals surface area contributed by atoms with Gasteiger partial charge < -0.3 is 15.4 Å². The van der Waals surface area contributed by atoms with Crippen LogP contribution in [0.5, 0.6) is 5.75 Å². The zero-order valence-electron chi connectivity index (χ0n) is 15.1. The van der Waals surface area contributed by atoms with Crippen molar-refractivity contribution in [3.05, 3.63) is 59.9 Å². The second-order valence-electron chi connectivity index (χ2n) is 6.38. The third-order valence-electron chi connectivity index (χ3n) is 4.13. The van der Waals surface area contributed by atoms with E-state index in [4.69, 9.17) is 4.74 Å². The Morgan fingerprint density at radius 2 is 1.69 bits per heavy atom. The lowest BCUT2D eigenvalue weighted by Crippen LogP contribution is -2.45. The van der Waals surface area contributed by atoms with Gasteiger partial charge in [0, 0.05) is 6.54 Å². The van der Waals surface area contributed by atoms with Crippen LogP contribution in [0.1, 0.15) is 19.4 Å². The molecule has 0 aliphatic heterocycles. The number of carbonyl (C=O) groups excluding carboxylic acids is 2. The molecular formula is C20H23FN2O3. The Labute approximate surface area is 152 Å². The standard InChI is InChI=1S/C20H23FN2O3/c1-20(2,19(25)23-16-10-6-7-11-17(16)26-3)18(24)22-13-12-14-8-4-5-9-15(14)21/h4-11H,12-13H2,1-3H3,(H,22,24)(H,23,25). The summed E-state index contributed by atoms with van der Waals surface area (Å²) in [4.78, 5) is 25.0. The molecule has 5 nitrogen and oxygen atoms in total. The lowest BCUT2D eigenvalue weighted by atomic mass is 9.90. The van der Waals surface area contributed by atoms with Gasteiger partial charge in [-0.05, 0) is 44.0 Å². The van der Waals surface area contributed by atoms with E-state index in [1.165, 1.54) is 27.0 Å². The van der Waals surface area contributed by atoms with Crippen molar-refractivity contribution in [2.45, 2.75) is 20.3 Å². The van der Waals surface area contributed by atoms with Crippen molar-refractivity contribution < 1.29 is 18.7 Å². The van der Waals surface area contributed by atoms with Gasteiger partial charge in [-0.2, -0.15) is 0 Å². The molecule has 0 unspecified atom stereocenters. The van der Waals surface area contributed by atoms with Gasteiger partial charge in [0.1, 0.15) is 17.0 Å². The second-order valence-corrected chi connectivity index (χ2v) is 6.38. The number of hydrogen-bond donors (Lipinski definition) is 2. The summed E-state index contributed by atoms with van der Waals surface area (Å²) in [7, 11) is 1.51. The van der Waals surface area contributed by atoms with E-state index in [1.807, 2.05) is 0 Å². The lowest BCUT2D eigenvalue weighted by molar-refractivity contribution is -0.138. The number of anilines is 1. The Bertz CT molecular complexity index is 790. The van der Waals surface area contributed by atoms with Crippen LogP contribution in [0.3, 0.4) is 0 Å². The summed E-state index contributed by atoms with van der Waals surface area (Å²) in [6, 6.07) is 13.4. The number of rotatable bonds is 7. The van der Waals surface area contributed by atoms with Crippen molar-refractivity contribution in [3.63, 3.8) is 0 Å². The molecule has 0 saturated carbocycles. The molecule has 0 saturated heterocycles. The molecule has 0 aliphatic rings. The molecule has 0 radical (unpaired) electrons. The molecule has 138 valence electrons. The summed E-state index contributed by atoms with van der Waals surface area (Å²) in [5.41, 5.74) is -0.285. The number of carbonyl (C=O) groups is 2. The number of methoxy groups -OCH3 is 1. The monoisotopic (exact) mass is 358 g/mol. The van der Waals surface area contributed by atoms with E-state index >= 15 is 0 Å². The first kappa shape index (κ1) is 19.4. The van der Waals surface area contributed by atoms with Crippen LogP contribution in [0.4, 0.5) is 10.1 Å². The van der Waals surface area contributed by atoms with Gasteiger partial charge in [0.05, 0.1) is 12.8 Å². The van der Waals surface area contributed by atoms with E-state index in [0.29, 0.717) is 23.4 Å². The zero-order chi connectivity index (χ0) is 19.2. The molecule has 0 aliphatic carbocycles. The van der Waals surface area contributed by atoms with Gasteiger partial charge in [0.15, 0.2) is 0 Å². The van der Waals surface area contributed by atoms with Crippen molar-refractivity contribution in [3.8, 4) is 5.75 Å². The summed E-state index contributed by atoms with van der Waals surface area (Å²) in [5, 5.41) is 5.41. The summed E-state index contributed by atoms with van der Waals surface area (Å²) in [5.74, 6) is -0.682. The number of halogens is 1. The minimum absolute atomic E-state index is 0.241. The van der Waals surface area contributed by atoms with Crippen molar-refractivity contribution >= 4 is 17.5 Å². The molecule has 0 atom stereocenters. The number of amides is 2. The van der Waals surface area contributed by atoms with E-state index in [0.717, 1.165) is 0 Å². The largest absolute Gasteiger partial charge is 0.495 e. The fraction of sp³-hybridized carbons (Fsp3) is 0.300. The van der Waals surface area contributed by atoms with E-state index in [9.17, 15) is 14.0 Å². The maximum atomic E-state index is 13.6. The summed E-state index contributed by atoms with van der Waals surface area (Å²) in [6.07, 6.45) is 0.350. The van der Waals surface area contributed by atoms with Crippen LogP contribution in [0.15, 0.2) is 48.5 Å². The Kier molecular flexibility index (Phi) is 6.33. The minimum Gasteiger partial charge on any atom is -0.495 e. The first-order chi connectivity index (χ1) is 12.4. The molecule has 2 aromatic rings. The molecule has 6 heteroatoms. The van der Waals surface area contributed by atoms with Crippen LogP contribution in [0.2, 0.25) is 0 Å². The zero-order valence-corrected chi connectivity index (χ0v) is 15.1. The third kappa shape index (κ3) is 4.59. The first-order valence-corrected chi connectivity index (χ1v) is 8.32. The molecule has 2 aromatic carbocycles. The number of hydrogen-bond acceptors (Lipinski definition) is 3. The fourth-order valence-corrected chi connectivity index (χ4v) is 2.36. The molecule has 0 aromatic heterocycles. The van der Waals surface area contributed by atoms with Gasteiger partial charge in [-0.3, -0.25) is 9.59 Å². The molecule has 0 bridgehead atoms. The Morgan fingerprint density at radius 1 is 1.04 bits per heavy atom. The van der Waals surface area contributed by atoms with E-state index in [2.05, 4.69) is 10.6 Å². The molecule has 2 amide bonds. The van der Waals surface area contributed by atoms with Gasteiger partial charge in [-0.1, -0.05) is 30.3 Å². The van der Waals surface area contributed by atoms with Crippen molar-refractivity contribution in [2.75, 3.05) is 19.0 Å². The van der Waals surface area contributed by atoms with Crippen LogP contribution in [0, 0.1) is 11.2 Å². The highest BCUT2D eigenvalue weighted by Gasteiger charge is 2.36. The average Bonchev–Trinajstić information content (AvgIpc) is 2.63. The second kappa shape index (κ2) is 8.47. The van der Waals surface area contributed by atoms with E-state index in [1.54, 1.807) is 42.5 Å². The smallest absolute Gasteiger partial charge is 0.239 e. The number of ether oxygens (including phenoxy) is 1. The molecular weight excluding hydrogens is 335 g/mol. The highest BCUT2D eigenvalue weighted by Crippen LogP contribution is 2.26. The van der Waals surface area contributed by atoms with Gasteiger partial charge in [-0.15, -0.1) is 0 Å². The van der Waals surface area contributed by atoms with Gasteiger partial charge >= 0.3 is 0 Å². The van der Waals surface area contributed by atoms with Crippen molar-refractivity contribution in [1.82, 2.24) is 5.32 Å². The minimum atomic E-state index is -1.30. The Hall–Kier alpha value is -2.89. The number of para-hydroxylation sites is 2. The Balaban J connectivity index is 1.96. The highest BCUT2D eigenvalue weighted by molar-refractivity contribution is 6.10. The van der Waals surface area contributed by atoms with Crippen molar-refractivity contribution in [1.29, 1.82) is 0 Å². The highest BCUT2D eigenvalue weighted by atomic mass is 19.1. The molecule has 0 spiro atoms. The third-order valence-corrected chi connectivity index (χ3v) is 4.13. The van der Waals surface area contributed by atoms with Gasteiger partial charge in [0.2, 0.25) is 11.8 Å². The maximum absolute atomic E-state index is 13.6. The number of nitrogens with one attached hydrogen (secondary N) is 2. The van der Waals surface area contributed by atoms with Gasteiger partial charge in [-0.25, -0.2) is 4.39 Å². The summed E-state index contributed by atoms with van der Waals surface area (Å²) in [6.45, 7) is 3.32. The first-order valence-electron chi connectivity index (χ1n) is 8.32. The molecule has 2 N–H and O–H groups in total. The quantitative estimate of drug-likeness (QED) is 0.747. The van der Waals surface area contributed by atoms with Gasteiger partial charge in [0.25, 0.3) is 0 Å². The SMILES string of the molecule is COc1ccccc1NC(=O)C(C)(C)C(=O)NCCc1ccccc1F. The van der Waals surface area contributed by atoms with Crippen molar-refractivity contribution in [2.24, 2.45) is 5.41 Å².